The standard InChI is InChI=1S/C13H18F2N2O2S/c1-9(16-20(2,18)19)17-7-3-4-13(17)11-8-10(14)5-6-12(11)15/h5-6,8-9,13,16H,3-4,7H2,1-2H3/t9?,13-/m1/s1. The van der Waals surface area contributed by atoms with Gasteiger partial charge in [0.15, 0.2) is 0 Å². The highest BCUT2D eigenvalue weighted by molar-refractivity contribution is 7.88. The summed E-state index contributed by atoms with van der Waals surface area (Å²) < 4.78 is 52.2. The van der Waals surface area contributed by atoms with Crippen LogP contribution in [0.4, 0.5) is 8.78 Å². The van der Waals surface area contributed by atoms with E-state index >= 15 is 0 Å². The Morgan fingerprint density at radius 3 is 2.75 bits per heavy atom. The van der Waals surface area contributed by atoms with Crippen LogP contribution in [0.2, 0.25) is 0 Å². The molecule has 0 saturated carbocycles. The van der Waals surface area contributed by atoms with Gasteiger partial charge in [-0.2, -0.15) is 4.72 Å². The van der Waals surface area contributed by atoms with Gasteiger partial charge >= 0.3 is 0 Å². The Balaban J connectivity index is 2.25. The molecule has 1 heterocycles. The van der Waals surface area contributed by atoms with Gasteiger partial charge in [0, 0.05) is 18.2 Å². The quantitative estimate of drug-likeness (QED) is 0.925. The highest BCUT2D eigenvalue weighted by atomic mass is 32.2. The van der Waals surface area contributed by atoms with E-state index in [0.717, 1.165) is 24.8 Å². The van der Waals surface area contributed by atoms with Gasteiger partial charge in [-0.3, -0.25) is 4.90 Å². The highest BCUT2D eigenvalue weighted by Gasteiger charge is 2.32. The van der Waals surface area contributed by atoms with E-state index in [0.29, 0.717) is 13.0 Å². The number of likely N-dealkylation sites (tertiary alicyclic amines) is 1. The van der Waals surface area contributed by atoms with Gasteiger partial charge < -0.3 is 0 Å². The molecule has 0 bridgehead atoms. The highest BCUT2D eigenvalue weighted by Crippen LogP contribution is 2.34. The lowest BCUT2D eigenvalue weighted by Crippen LogP contribution is -2.45. The Hall–Kier alpha value is -1.05. The van der Waals surface area contributed by atoms with Crippen LogP contribution in [0.5, 0.6) is 0 Å². The largest absolute Gasteiger partial charge is 0.280 e. The Morgan fingerprint density at radius 1 is 1.40 bits per heavy atom. The summed E-state index contributed by atoms with van der Waals surface area (Å²) in [5, 5.41) is 0. The zero-order chi connectivity index (χ0) is 14.9. The molecule has 0 amide bonds. The normalized spacial score (nSPS) is 22.1. The summed E-state index contributed by atoms with van der Waals surface area (Å²) in [7, 11) is -3.34. The summed E-state index contributed by atoms with van der Waals surface area (Å²) in [6.07, 6.45) is 2.12. The van der Waals surface area contributed by atoms with Gasteiger partial charge in [0.25, 0.3) is 0 Å². The minimum atomic E-state index is -3.34. The van der Waals surface area contributed by atoms with Gasteiger partial charge in [-0.25, -0.2) is 17.2 Å². The van der Waals surface area contributed by atoms with Crippen molar-refractivity contribution < 1.29 is 17.2 Å². The third-order valence-electron chi connectivity index (χ3n) is 3.49. The van der Waals surface area contributed by atoms with Gasteiger partial charge in [-0.05, 0) is 38.0 Å². The van der Waals surface area contributed by atoms with E-state index in [1.54, 1.807) is 6.92 Å². The molecule has 1 aromatic rings. The van der Waals surface area contributed by atoms with Crippen molar-refractivity contribution in [3.05, 3.63) is 35.4 Å². The monoisotopic (exact) mass is 304 g/mol. The minimum Gasteiger partial charge on any atom is -0.280 e. The maximum Gasteiger partial charge on any atom is 0.210 e. The van der Waals surface area contributed by atoms with Crippen molar-refractivity contribution >= 4 is 10.0 Å². The fourth-order valence-corrected chi connectivity index (χ4v) is 3.49. The lowest BCUT2D eigenvalue weighted by molar-refractivity contribution is 0.180. The van der Waals surface area contributed by atoms with Crippen molar-refractivity contribution in [1.82, 2.24) is 9.62 Å². The van der Waals surface area contributed by atoms with E-state index in [4.69, 9.17) is 0 Å². The van der Waals surface area contributed by atoms with Crippen molar-refractivity contribution in [2.24, 2.45) is 0 Å². The molecule has 1 unspecified atom stereocenters. The van der Waals surface area contributed by atoms with Gasteiger partial charge in [-0.1, -0.05) is 0 Å². The van der Waals surface area contributed by atoms with Gasteiger partial charge in [0.1, 0.15) is 11.6 Å². The number of nitrogens with zero attached hydrogens (tertiary/aromatic N) is 1. The first-order chi connectivity index (χ1) is 9.28. The molecule has 0 spiro atoms. The summed E-state index contributed by atoms with van der Waals surface area (Å²) >= 11 is 0. The van der Waals surface area contributed by atoms with Crippen LogP contribution in [0.1, 0.15) is 31.4 Å². The molecule has 20 heavy (non-hydrogen) atoms. The molecule has 0 aromatic heterocycles. The van der Waals surface area contributed by atoms with E-state index in [-0.39, 0.29) is 11.6 Å². The SMILES string of the molecule is CC(NS(C)(=O)=O)N1CCC[C@@H]1c1cc(F)ccc1F. The molecule has 112 valence electrons. The molecule has 4 nitrogen and oxygen atoms in total. The van der Waals surface area contributed by atoms with E-state index in [2.05, 4.69) is 4.72 Å². The second-order valence-electron chi connectivity index (χ2n) is 5.13. The lowest BCUT2D eigenvalue weighted by Gasteiger charge is -2.31. The molecular weight excluding hydrogens is 286 g/mol. The zero-order valence-corrected chi connectivity index (χ0v) is 12.3. The van der Waals surface area contributed by atoms with Crippen LogP contribution in [0.3, 0.4) is 0 Å². The third kappa shape index (κ3) is 3.53. The van der Waals surface area contributed by atoms with Crippen LogP contribution in [0, 0.1) is 11.6 Å². The minimum absolute atomic E-state index is 0.282. The fourth-order valence-electron chi connectivity index (χ4n) is 2.73. The summed E-state index contributed by atoms with van der Waals surface area (Å²) in [5.74, 6) is -0.952. The number of benzene rings is 1. The Morgan fingerprint density at radius 2 is 2.10 bits per heavy atom. The molecule has 1 N–H and O–H groups in total. The predicted octanol–water partition coefficient (Wildman–Crippen LogP) is 2.00. The Kier molecular flexibility index (Phi) is 4.41. The maximum absolute atomic E-state index is 13.9. The van der Waals surface area contributed by atoms with Crippen LogP contribution < -0.4 is 4.72 Å². The summed E-state index contributed by atoms with van der Waals surface area (Å²) in [6, 6.07) is 3.06. The van der Waals surface area contributed by atoms with Crippen molar-refractivity contribution in [2.75, 3.05) is 12.8 Å². The van der Waals surface area contributed by atoms with Gasteiger partial charge in [-0.15, -0.1) is 0 Å². The molecular formula is C13H18F2N2O2S. The fraction of sp³-hybridized carbons (Fsp3) is 0.538. The van der Waals surface area contributed by atoms with Crippen LogP contribution in [-0.4, -0.2) is 32.3 Å². The van der Waals surface area contributed by atoms with Crippen molar-refractivity contribution in [3.63, 3.8) is 0 Å². The molecule has 0 radical (unpaired) electrons. The smallest absolute Gasteiger partial charge is 0.210 e. The van der Waals surface area contributed by atoms with Crippen LogP contribution in [0.15, 0.2) is 18.2 Å². The molecule has 1 aliphatic rings. The molecule has 2 atom stereocenters. The van der Waals surface area contributed by atoms with E-state index in [1.807, 2.05) is 4.90 Å². The molecule has 1 aromatic carbocycles. The number of halogens is 2. The molecule has 1 saturated heterocycles. The average molecular weight is 304 g/mol. The first-order valence-corrected chi connectivity index (χ1v) is 8.35. The van der Waals surface area contributed by atoms with Crippen molar-refractivity contribution in [3.8, 4) is 0 Å². The molecule has 1 fully saturated rings. The second-order valence-corrected chi connectivity index (χ2v) is 6.91. The van der Waals surface area contributed by atoms with Crippen molar-refractivity contribution in [2.45, 2.75) is 32.0 Å². The summed E-state index contributed by atoms with van der Waals surface area (Å²) in [5.41, 5.74) is 0.282. The number of rotatable bonds is 4. The lowest BCUT2D eigenvalue weighted by atomic mass is 10.0. The second kappa shape index (κ2) is 5.75. The number of nitrogens with one attached hydrogen (secondary N) is 1. The van der Waals surface area contributed by atoms with Crippen LogP contribution in [0.25, 0.3) is 0 Å². The van der Waals surface area contributed by atoms with E-state index < -0.39 is 27.8 Å². The average Bonchev–Trinajstić information content (AvgIpc) is 2.79. The van der Waals surface area contributed by atoms with Gasteiger partial charge in [0.2, 0.25) is 10.0 Å². The van der Waals surface area contributed by atoms with Crippen molar-refractivity contribution in [1.29, 1.82) is 0 Å². The van der Waals surface area contributed by atoms with Crippen LogP contribution >= 0.6 is 0 Å². The zero-order valence-electron chi connectivity index (χ0n) is 11.4. The molecule has 1 aliphatic heterocycles. The Bertz CT molecular complexity index is 592. The topological polar surface area (TPSA) is 49.4 Å². The predicted molar refractivity (Wildman–Crippen MR) is 72.5 cm³/mol. The number of hydrogen-bond acceptors (Lipinski definition) is 3. The van der Waals surface area contributed by atoms with E-state index in [1.165, 1.54) is 6.07 Å². The summed E-state index contributed by atoms with van der Waals surface area (Å²) in [6.45, 7) is 2.35. The summed E-state index contributed by atoms with van der Waals surface area (Å²) in [4.78, 5) is 1.85. The molecule has 7 heteroatoms. The maximum atomic E-state index is 13.9. The Labute approximate surface area is 117 Å². The van der Waals surface area contributed by atoms with Crippen LogP contribution in [-0.2, 0) is 10.0 Å². The van der Waals surface area contributed by atoms with E-state index in [9.17, 15) is 17.2 Å². The first-order valence-electron chi connectivity index (χ1n) is 6.46. The third-order valence-corrected chi connectivity index (χ3v) is 4.26. The molecule has 2 rings (SSSR count). The molecule has 0 aliphatic carbocycles. The first kappa shape index (κ1) is 15.3. The number of hydrogen-bond donors (Lipinski definition) is 1. The number of sulfonamides is 1. The van der Waals surface area contributed by atoms with Gasteiger partial charge in [0.05, 0.1) is 12.4 Å².